The summed E-state index contributed by atoms with van der Waals surface area (Å²) in [7, 11) is 0. The van der Waals surface area contributed by atoms with Gasteiger partial charge in [-0.2, -0.15) is 0 Å². The van der Waals surface area contributed by atoms with Gasteiger partial charge in [0.25, 0.3) is 5.82 Å². The molecule has 2 nitrogen and oxygen atoms in total. The molecule has 37 heavy (non-hydrogen) atoms. The van der Waals surface area contributed by atoms with Crippen LogP contribution in [0, 0.1) is 0 Å². The third kappa shape index (κ3) is 19.9. The van der Waals surface area contributed by atoms with Crippen LogP contribution in [-0.4, -0.2) is 4.57 Å². The summed E-state index contributed by atoms with van der Waals surface area (Å²) in [5.41, 5.74) is 0. The molecule has 0 aliphatic carbocycles. The van der Waals surface area contributed by atoms with Gasteiger partial charge in [-0.25, -0.2) is 9.13 Å². The summed E-state index contributed by atoms with van der Waals surface area (Å²) in [5, 5.41) is 0. The molecule has 1 aromatic heterocycles. The average molecular weight is 518 g/mol. The lowest BCUT2D eigenvalue weighted by molar-refractivity contribution is -0.704. The first-order valence-electron chi connectivity index (χ1n) is 17.4. The van der Waals surface area contributed by atoms with Gasteiger partial charge in [0.05, 0.1) is 13.1 Å². The van der Waals surface area contributed by atoms with Gasteiger partial charge in [-0.1, -0.05) is 156 Å². The Balaban J connectivity index is 2.18. The zero-order valence-corrected chi connectivity index (χ0v) is 26.1. The number of aryl methyl sites for hydroxylation is 2. The molecule has 1 heterocycles. The van der Waals surface area contributed by atoms with Crippen molar-refractivity contribution in [3.05, 3.63) is 18.2 Å². The van der Waals surface area contributed by atoms with Crippen LogP contribution < -0.4 is 4.57 Å². The highest BCUT2D eigenvalue weighted by molar-refractivity contribution is 4.84. The number of aromatic nitrogens is 2. The van der Waals surface area contributed by atoms with E-state index in [9.17, 15) is 0 Å². The van der Waals surface area contributed by atoms with E-state index in [-0.39, 0.29) is 0 Å². The van der Waals surface area contributed by atoms with E-state index in [1.165, 1.54) is 186 Å². The van der Waals surface area contributed by atoms with Gasteiger partial charge in [-0.3, -0.25) is 0 Å². The molecule has 0 unspecified atom stereocenters. The van der Waals surface area contributed by atoms with Crippen molar-refractivity contribution in [2.45, 2.75) is 207 Å². The lowest BCUT2D eigenvalue weighted by Gasteiger charge is -2.07. The van der Waals surface area contributed by atoms with Gasteiger partial charge in [-0.05, 0) is 32.1 Å². The van der Waals surface area contributed by atoms with Crippen molar-refractivity contribution in [3.63, 3.8) is 0 Å². The van der Waals surface area contributed by atoms with Crippen LogP contribution in [0.15, 0.2) is 12.4 Å². The normalized spacial score (nSPS) is 11.5. The van der Waals surface area contributed by atoms with E-state index in [0.717, 1.165) is 0 Å². The average Bonchev–Trinajstić information content (AvgIpc) is 3.29. The second-order valence-electron chi connectivity index (χ2n) is 12.0. The topological polar surface area (TPSA) is 8.81 Å². The number of unbranched alkanes of at least 4 members (excludes halogenated alkanes) is 23. The molecule has 0 radical (unpaired) electrons. The second-order valence-corrected chi connectivity index (χ2v) is 12.0. The van der Waals surface area contributed by atoms with Crippen molar-refractivity contribution in [2.24, 2.45) is 0 Å². The van der Waals surface area contributed by atoms with Gasteiger partial charge < -0.3 is 0 Å². The highest BCUT2D eigenvalue weighted by atomic mass is 15.1. The SMILES string of the molecule is CCCCCCCCCCCCCCCCC[n+]1ccn(CCCCCCCC)c1CCCCCCC. The molecule has 2 heteroatoms. The lowest BCUT2D eigenvalue weighted by Crippen LogP contribution is -2.37. The van der Waals surface area contributed by atoms with E-state index in [1.807, 2.05) is 0 Å². The summed E-state index contributed by atoms with van der Waals surface area (Å²) < 4.78 is 5.21. The van der Waals surface area contributed by atoms with E-state index in [4.69, 9.17) is 0 Å². The zero-order valence-electron chi connectivity index (χ0n) is 26.1. The molecule has 0 aliphatic heterocycles. The monoisotopic (exact) mass is 518 g/mol. The van der Waals surface area contributed by atoms with Crippen LogP contribution in [0.1, 0.15) is 194 Å². The van der Waals surface area contributed by atoms with E-state index in [2.05, 4.69) is 42.3 Å². The number of nitrogens with zero attached hydrogens (tertiary/aromatic N) is 2. The summed E-state index contributed by atoms with van der Waals surface area (Å²) in [6, 6.07) is 0. The minimum atomic E-state index is 1.22. The third-order valence-electron chi connectivity index (χ3n) is 8.35. The Morgan fingerprint density at radius 1 is 0.459 bits per heavy atom. The molecule has 0 spiro atoms. The summed E-state index contributed by atoms with van der Waals surface area (Å²) >= 11 is 0. The van der Waals surface area contributed by atoms with Crippen molar-refractivity contribution in [3.8, 4) is 0 Å². The van der Waals surface area contributed by atoms with Crippen molar-refractivity contribution in [2.75, 3.05) is 0 Å². The minimum absolute atomic E-state index is 1.22. The summed E-state index contributed by atoms with van der Waals surface area (Å²) in [4.78, 5) is 0. The molecule has 218 valence electrons. The van der Waals surface area contributed by atoms with Crippen molar-refractivity contribution < 1.29 is 4.57 Å². The largest absolute Gasteiger partial charge is 0.256 e. The summed E-state index contributed by atoms with van der Waals surface area (Å²) in [6.45, 7) is 9.39. The van der Waals surface area contributed by atoms with Gasteiger partial charge in [-0.15, -0.1) is 0 Å². The number of hydrogen-bond donors (Lipinski definition) is 0. The Morgan fingerprint density at radius 3 is 1.30 bits per heavy atom. The van der Waals surface area contributed by atoms with Crippen LogP contribution in [-0.2, 0) is 19.5 Å². The second kappa shape index (κ2) is 26.8. The van der Waals surface area contributed by atoms with E-state index in [1.54, 1.807) is 5.82 Å². The fourth-order valence-electron chi connectivity index (χ4n) is 5.80. The van der Waals surface area contributed by atoms with Crippen LogP contribution in [0.4, 0.5) is 0 Å². The molecule has 1 aromatic rings. The van der Waals surface area contributed by atoms with Crippen molar-refractivity contribution in [1.29, 1.82) is 0 Å². The molecule has 0 atom stereocenters. The maximum atomic E-state index is 2.61. The molecular formula is C35H69N2+. The van der Waals surface area contributed by atoms with E-state index >= 15 is 0 Å². The predicted octanol–water partition coefficient (Wildman–Crippen LogP) is 11.5. The molecule has 0 amide bonds. The molecule has 0 N–H and O–H groups in total. The van der Waals surface area contributed by atoms with Gasteiger partial charge >= 0.3 is 0 Å². The smallest absolute Gasteiger partial charge is 0.234 e. The first-order valence-corrected chi connectivity index (χ1v) is 17.4. The number of rotatable bonds is 29. The molecule has 0 saturated heterocycles. The fraction of sp³-hybridized carbons (Fsp3) is 0.914. The Labute approximate surface area is 234 Å². The third-order valence-corrected chi connectivity index (χ3v) is 8.35. The summed E-state index contributed by atoms with van der Waals surface area (Å²) in [5.74, 6) is 1.61. The molecule has 0 saturated carbocycles. The molecule has 0 aliphatic rings. The molecule has 1 rings (SSSR count). The number of imidazole rings is 1. The van der Waals surface area contributed by atoms with Gasteiger partial charge in [0.2, 0.25) is 0 Å². The van der Waals surface area contributed by atoms with Crippen LogP contribution in [0.25, 0.3) is 0 Å². The van der Waals surface area contributed by atoms with Gasteiger partial charge in [0, 0.05) is 6.42 Å². The highest BCUT2D eigenvalue weighted by Crippen LogP contribution is 2.14. The Bertz CT molecular complexity index is 576. The van der Waals surface area contributed by atoms with Crippen LogP contribution in [0.2, 0.25) is 0 Å². The van der Waals surface area contributed by atoms with Crippen LogP contribution in [0.3, 0.4) is 0 Å². The summed E-state index contributed by atoms with van der Waals surface area (Å²) in [6.07, 6.45) is 43.0. The highest BCUT2D eigenvalue weighted by Gasteiger charge is 2.16. The Kier molecular flexibility index (Phi) is 24.8. The molecule has 0 aromatic carbocycles. The van der Waals surface area contributed by atoms with Crippen molar-refractivity contribution >= 4 is 0 Å². The first-order chi connectivity index (χ1) is 18.3. The predicted molar refractivity (Wildman–Crippen MR) is 165 cm³/mol. The van der Waals surface area contributed by atoms with Crippen LogP contribution in [0.5, 0.6) is 0 Å². The quantitative estimate of drug-likeness (QED) is 0.0737. The van der Waals surface area contributed by atoms with E-state index in [0.29, 0.717) is 0 Å². The first kappa shape index (κ1) is 34.2. The Hall–Kier alpha value is -0.790. The molecular weight excluding hydrogens is 448 g/mol. The standard InChI is InChI=1S/C35H69N2/c1-4-7-10-13-15-16-17-18-19-20-21-22-23-26-29-32-37-34-33-36(31-28-25-14-11-8-5-2)35(37)30-27-24-12-9-6-3/h33-34H,4-32H2,1-3H3/q+1. The van der Waals surface area contributed by atoms with Gasteiger partial charge in [0.1, 0.15) is 12.4 Å². The molecule has 0 bridgehead atoms. The van der Waals surface area contributed by atoms with Crippen molar-refractivity contribution in [1.82, 2.24) is 4.57 Å². The van der Waals surface area contributed by atoms with Gasteiger partial charge in [0.15, 0.2) is 0 Å². The maximum absolute atomic E-state index is 2.61. The fourth-order valence-corrected chi connectivity index (χ4v) is 5.80. The minimum Gasteiger partial charge on any atom is -0.234 e. The van der Waals surface area contributed by atoms with E-state index < -0.39 is 0 Å². The molecule has 0 fully saturated rings. The lowest BCUT2D eigenvalue weighted by atomic mass is 10.0. The number of hydrogen-bond acceptors (Lipinski definition) is 0. The van der Waals surface area contributed by atoms with Crippen LogP contribution >= 0.6 is 0 Å². The Morgan fingerprint density at radius 2 is 0.838 bits per heavy atom. The zero-order chi connectivity index (χ0) is 26.7. The maximum Gasteiger partial charge on any atom is 0.256 e.